The van der Waals surface area contributed by atoms with Gasteiger partial charge in [0, 0.05) is 17.6 Å². The number of hydrogen-bond acceptors (Lipinski definition) is 5. The lowest BCUT2D eigenvalue weighted by Crippen LogP contribution is -2.13. The first-order valence-electron chi connectivity index (χ1n) is 8.10. The van der Waals surface area contributed by atoms with Gasteiger partial charge in [0.05, 0.1) is 0 Å². The highest BCUT2D eigenvalue weighted by atomic mass is 32.1. The number of amides is 1. The number of carbonyl (C=O) groups is 1. The Morgan fingerprint density at radius 2 is 2.00 bits per heavy atom. The Balaban J connectivity index is 1.68. The van der Waals surface area contributed by atoms with Crippen molar-refractivity contribution >= 4 is 39.2 Å². The molecule has 4 rings (SSSR count). The molecular weight excluding hydrogens is 358 g/mol. The zero-order chi connectivity index (χ0) is 18.6. The molecule has 0 fully saturated rings. The first kappa shape index (κ1) is 16.7. The van der Waals surface area contributed by atoms with Gasteiger partial charge in [-0.3, -0.25) is 10.1 Å². The maximum atomic E-state index is 12.3. The van der Waals surface area contributed by atoms with Crippen molar-refractivity contribution in [1.29, 1.82) is 5.26 Å². The minimum absolute atomic E-state index is 0.00839. The summed E-state index contributed by atoms with van der Waals surface area (Å²) < 4.78 is 1.93. The molecule has 0 aliphatic heterocycles. The van der Waals surface area contributed by atoms with Crippen LogP contribution in [0.15, 0.2) is 71.9 Å². The molecule has 1 amide bonds. The minimum atomic E-state index is -0.513. The van der Waals surface area contributed by atoms with Gasteiger partial charge in [-0.25, -0.2) is 0 Å². The maximum Gasteiger partial charge on any atom is 0.268 e. The van der Waals surface area contributed by atoms with Crippen molar-refractivity contribution in [2.45, 2.75) is 0 Å². The van der Waals surface area contributed by atoms with Gasteiger partial charge in [0.15, 0.2) is 0 Å². The summed E-state index contributed by atoms with van der Waals surface area (Å²) in [5.41, 5.74) is 3.18. The number of nitrogens with zero attached hydrogens (tertiary/aromatic N) is 4. The van der Waals surface area contributed by atoms with E-state index in [4.69, 9.17) is 0 Å². The summed E-state index contributed by atoms with van der Waals surface area (Å²) in [6.45, 7) is 0. The molecule has 1 N–H and O–H groups in total. The second-order valence-corrected chi connectivity index (χ2v) is 6.54. The van der Waals surface area contributed by atoms with Gasteiger partial charge in [0.25, 0.3) is 5.91 Å². The van der Waals surface area contributed by atoms with Crippen molar-refractivity contribution < 1.29 is 4.79 Å². The quantitative estimate of drug-likeness (QED) is 0.434. The highest BCUT2D eigenvalue weighted by molar-refractivity contribution is 7.13. The molecule has 0 atom stereocenters. The van der Waals surface area contributed by atoms with Gasteiger partial charge in [-0.05, 0) is 41.1 Å². The Morgan fingerprint density at radius 1 is 1.15 bits per heavy atom. The number of benzene rings is 2. The molecule has 7 heteroatoms. The zero-order valence-electron chi connectivity index (χ0n) is 14.0. The van der Waals surface area contributed by atoms with E-state index in [1.165, 1.54) is 16.8 Å². The molecule has 0 aliphatic rings. The van der Waals surface area contributed by atoms with E-state index in [9.17, 15) is 10.1 Å². The van der Waals surface area contributed by atoms with Gasteiger partial charge in [-0.2, -0.15) is 5.26 Å². The summed E-state index contributed by atoms with van der Waals surface area (Å²) in [7, 11) is 0. The fourth-order valence-electron chi connectivity index (χ4n) is 2.76. The van der Waals surface area contributed by atoms with Crippen LogP contribution in [0.3, 0.4) is 0 Å². The summed E-state index contributed by atoms with van der Waals surface area (Å²) in [4.78, 5) is 12.3. The predicted molar refractivity (Wildman–Crippen MR) is 105 cm³/mol. The third-order valence-electron chi connectivity index (χ3n) is 4.03. The van der Waals surface area contributed by atoms with Crippen LogP contribution in [0.4, 0.5) is 5.13 Å². The lowest BCUT2D eigenvalue weighted by Gasteiger charge is -2.09. The standard InChI is InChI=1S/C20H13N5OS/c21-12-16(19(26)23-20-24-22-13-27-20)11-17-6-3-9-25(17)18-8-7-14-4-1-2-5-15(14)10-18/h1-11,13H,(H,23,24,26)/b16-11-. The number of nitriles is 1. The number of nitrogens with one attached hydrogen (secondary N) is 1. The zero-order valence-corrected chi connectivity index (χ0v) is 14.9. The molecule has 0 unspecified atom stereocenters. The average Bonchev–Trinajstić information content (AvgIpc) is 3.37. The predicted octanol–water partition coefficient (Wildman–Crippen LogP) is 4.03. The van der Waals surface area contributed by atoms with Crippen molar-refractivity contribution in [3.05, 3.63) is 77.6 Å². The Bertz CT molecular complexity index is 1180. The fourth-order valence-corrected chi connectivity index (χ4v) is 3.20. The molecule has 0 radical (unpaired) electrons. The van der Waals surface area contributed by atoms with E-state index in [0.717, 1.165) is 22.2 Å². The third-order valence-corrected chi connectivity index (χ3v) is 4.64. The smallest absolute Gasteiger partial charge is 0.268 e. The molecule has 0 saturated carbocycles. The first-order valence-corrected chi connectivity index (χ1v) is 8.98. The summed E-state index contributed by atoms with van der Waals surface area (Å²) in [5, 5.41) is 22.0. The summed E-state index contributed by atoms with van der Waals surface area (Å²) in [6.07, 6.45) is 3.46. The van der Waals surface area contributed by atoms with Crippen molar-refractivity contribution in [2.24, 2.45) is 0 Å². The highest BCUT2D eigenvalue weighted by Gasteiger charge is 2.12. The van der Waals surface area contributed by atoms with Gasteiger partial charge in [0.2, 0.25) is 5.13 Å². The Kier molecular flexibility index (Phi) is 4.47. The molecule has 0 bridgehead atoms. The third kappa shape index (κ3) is 3.47. The second-order valence-electron chi connectivity index (χ2n) is 5.70. The van der Waals surface area contributed by atoms with E-state index in [1.807, 2.05) is 59.3 Å². The van der Waals surface area contributed by atoms with Crippen LogP contribution in [0.5, 0.6) is 0 Å². The fraction of sp³-hybridized carbons (Fsp3) is 0. The number of rotatable bonds is 4. The van der Waals surface area contributed by atoms with Crippen molar-refractivity contribution in [2.75, 3.05) is 5.32 Å². The van der Waals surface area contributed by atoms with E-state index in [2.05, 4.69) is 27.6 Å². The van der Waals surface area contributed by atoms with E-state index in [-0.39, 0.29) is 5.57 Å². The van der Waals surface area contributed by atoms with Crippen LogP contribution in [0.25, 0.3) is 22.5 Å². The van der Waals surface area contributed by atoms with Gasteiger partial charge in [0.1, 0.15) is 17.2 Å². The van der Waals surface area contributed by atoms with Crippen molar-refractivity contribution in [3.63, 3.8) is 0 Å². The van der Waals surface area contributed by atoms with E-state index in [0.29, 0.717) is 5.13 Å². The summed E-state index contributed by atoms with van der Waals surface area (Å²) in [5.74, 6) is -0.513. The van der Waals surface area contributed by atoms with Gasteiger partial charge < -0.3 is 4.57 Å². The van der Waals surface area contributed by atoms with Crippen LogP contribution in [0.2, 0.25) is 0 Å². The Labute approximate surface area is 159 Å². The largest absolute Gasteiger partial charge is 0.317 e. The molecular formula is C20H13N5OS. The molecule has 0 spiro atoms. The van der Waals surface area contributed by atoms with Crippen LogP contribution >= 0.6 is 11.3 Å². The summed E-state index contributed by atoms with van der Waals surface area (Å²) in [6, 6.07) is 19.9. The lowest BCUT2D eigenvalue weighted by molar-refractivity contribution is -0.112. The number of fused-ring (bicyclic) bond motifs is 1. The van der Waals surface area contributed by atoms with Gasteiger partial charge in [-0.15, -0.1) is 10.2 Å². The van der Waals surface area contributed by atoms with Crippen molar-refractivity contribution in [3.8, 4) is 11.8 Å². The number of aromatic nitrogens is 3. The van der Waals surface area contributed by atoms with Gasteiger partial charge >= 0.3 is 0 Å². The molecule has 6 nitrogen and oxygen atoms in total. The molecule has 2 heterocycles. The molecule has 130 valence electrons. The molecule has 4 aromatic rings. The average molecular weight is 371 g/mol. The molecule has 2 aromatic heterocycles. The molecule has 0 saturated heterocycles. The van der Waals surface area contributed by atoms with Crippen LogP contribution in [0.1, 0.15) is 5.69 Å². The topological polar surface area (TPSA) is 83.6 Å². The van der Waals surface area contributed by atoms with Crippen LogP contribution in [-0.2, 0) is 4.79 Å². The highest BCUT2D eigenvalue weighted by Crippen LogP contribution is 2.21. The van der Waals surface area contributed by atoms with Crippen molar-refractivity contribution in [1.82, 2.24) is 14.8 Å². The molecule has 2 aromatic carbocycles. The van der Waals surface area contributed by atoms with E-state index < -0.39 is 5.91 Å². The van der Waals surface area contributed by atoms with Crippen LogP contribution < -0.4 is 5.32 Å². The Hall–Kier alpha value is -3.76. The van der Waals surface area contributed by atoms with Crippen LogP contribution in [-0.4, -0.2) is 20.7 Å². The van der Waals surface area contributed by atoms with Crippen LogP contribution in [0, 0.1) is 11.3 Å². The maximum absolute atomic E-state index is 12.3. The number of hydrogen-bond donors (Lipinski definition) is 1. The SMILES string of the molecule is N#C/C(=C/c1cccn1-c1ccc2ccccc2c1)C(=O)Nc1nncs1. The Morgan fingerprint density at radius 3 is 2.78 bits per heavy atom. The van der Waals surface area contributed by atoms with Gasteiger partial charge in [-0.1, -0.05) is 41.7 Å². The lowest BCUT2D eigenvalue weighted by atomic mass is 10.1. The first-order chi connectivity index (χ1) is 13.2. The minimum Gasteiger partial charge on any atom is -0.317 e. The van der Waals surface area contributed by atoms with E-state index >= 15 is 0 Å². The number of carbonyl (C=O) groups excluding carboxylic acids is 1. The second kappa shape index (κ2) is 7.23. The number of anilines is 1. The summed E-state index contributed by atoms with van der Waals surface area (Å²) >= 11 is 1.19. The van der Waals surface area contributed by atoms with E-state index in [1.54, 1.807) is 6.08 Å². The monoisotopic (exact) mass is 371 g/mol. The normalized spacial score (nSPS) is 11.3. The molecule has 27 heavy (non-hydrogen) atoms. The molecule has 0 aliphatic carbocycles.